The molecule has 0 aliphatic rings. The van der Waals surface area contributed by atoms with Gasteiger partial charge >= 0.3 is 0 Å². The first kappa shape index (κ1) is 17.0. The Kier molecular flexibility index (Phi) is 11.1. The molecule has 0 saturated heterocycles. The number of hydrogen-bond acceptors (Lipinski definition) is 0. The summed E-state index contributed by atoms with van der Waals surface area (Å²) in [5.74, 6) is 0. The zero-order valence-corrected chi connectivity index (χ0v) is 12.7. The molecule has 0 aliphatic heterocycles. The fourth-order valence-corrected chi connectivity index (χ4v) is 2.22. The summed E-state index contributed by atoms with van der Waals surface area (Å²) in [6.07, 6.45) is 16.8. The minimum atomic E-state index is 0.333. The van der Waals surface area contributed by atoms with Gasteiger partial charge in [0.25, 0.3) is 0 Å². The SMILES string of the molecule is [CH2]C(C)(CC)CCCCCCCCCCCC. The molecule has 0 spiro atoms. The second-order valence-corrected chi connectivity index (χ2v) is 6.10. The van der Waals surface area contributed by atoms with Gasteiger partial charge in [0.05, 0.1) is 0 Å². The average molecular weight is 239 g/mol. The quantitative estimate of drug-likeness (QED) is 0.339. The van der Waals surface area contributed by atoms with Crippen molar-refractivity contribution in [3.63, 3.8) is 0 Å². The van der Waals surface area contributed by atoms with Crippen LogP contribution < -0.4 is 0 Å². The summed E-state index contributed by atoms with van der Waals surface area (Å²) < 4.78 is 0. The van der Waals surface area contributed by atoms with Crippen molar-refractivity contribution >= 4 is 0 Å². The molecule has 0 heteroatoms. The largest absolute Gasteiger partial charge is 0.0654 e. The lowest BCUT2D eigenvalue weighted by atomic mass is 9.84. The van der Waals surface area contributed by atoms with Crippen LogP contribution in [0.3, 0.4) is 0 Å². The summed E-state index contributed by atoms with van der Waals surface area (Å²) in [5, 5.41) is 0. The van der Waals surface area contributed by atoms with Crippen LogP contribution in [0.2, 0.25) is 0 Å². The monoisotopic (exact) mass is 239 g/mol. The summed E-state index contributed by atoms with van der Waals surface area (Å²) in [6.45, 7) is 11.1. The highest BCUT2D eigenvalue weighted by molar-refractivity contribution is 4.74. The van der Waals surface area contributed by atoms with Crippen LogP contribution >= 0.6 is 0 Å². The van der Waals surface area contributed by atoms with Crippen LogP contribution in [0.5, 0.6) is 0 Å². The molecule has 0 N–H and O–H groups in total. The normalized spacial score (nSPS) is 12.0. The van der Waals surface area contributed by atoms with Crippen molar-refractivity contribution in [2.75, 3.05) is 0 Å². The third kappa shape index (κ3) is 12.2. The Labute approximate surface area is 111 Å². The third-order valence-electron chi connectivity index (χ3n) is 3.99. The smallest absolute Gasteiger partial charge is 0.0328 e. The van der Waals surface area contributed by atoms with Crippen molar-refractivity contribution in [3.8, 4) is 0 Å². The van der Waals surface area contributed by atoms with Crippen LogP contribution in [0.4, 0.5) is 0 Å². The van der Waals surface area contributed by atoms with Crippen LogP contribution in [0.1, 0.15) is 97.8 Å². The Morgan fingerprint density at radius 3 is 1.53 bits per heavy atom. The number of hydrogen-bond donors (Lipinski definition) is 0. The van der Waals surface area contributed by atoms with Crippen LogP contribution in [0.25, 0.3) is 0 Å². The summed E-state index contributed by atoms with van der Waals surface area (Å²) in [5.41, 5.74) is 0.333. The highest BCUT2D eigenvalue weighted by atomic mass is 14.2. The van der Waals surface area contributed by atoms with Crippen molar-refractivity contribution in [1.29, 1.82) is 0 Å². The van der Waals surface area contributed by atoms with Gasteiger partial charge in [0, 0.05) is 0 Å². The molecule has 0 rings (SSSR count). The average Bonchev–Trinajstić information content (AvgIpc) is 2.31. The topological polar surface area (TPSA) is 0 Å². The van der Waals surface area contributed by atoms with E-state index < -0.39 is 0 Å². The Hall–Kier alpha value is 0. The van der Waals surface area contributed by atoms with Gasteiger partial charge in [-0.3, -0.25) is 0 Å². The minimum Gasteiger partial charge on any atom is -0.0654 e. The van der Waals surface area contributed by atoms with Gasteiger partial charge in [0.1, 0.15) is 0 Å². The van der Waals surface area contributed by atoms with Crippen molar-refractivity contribution in [3.05, 3.63) is 6.92 Å². The Balaban J connectivity index is 3.09. The molecule has 1 atom stereocenters. The van der Waals surface area contributed by atoms with E-state index in [0.29, 0.717) is 5.41 Å². The van der Waals surface area contributed by atoms with E-state index in [-0.39, 0.29) is 0 Å². The van der Waals surface area contributed by atoms with Gasteiger partial charge in [-0.2, -0.15) is 0 Å². The predicted molar refractivity (Wildman–Crippen MR) is 80.2 cm³/mol. The number of rotatable bonds is 12. The molecule has 0 aromatic heterocycles. The summed E-state index contributed by atoms with van der Waals surface area (Å²) in [4.78, 5) is 0. The molecule has 0 amide bonds. The van der Waals surface area contributed by atoms with Crippen LogP contribution in [0.15, 0.2) is 0 Å². The molecule has 103 valence electrons. The molecule has 0 aromatic rings. The first-order valence-electron chi connectivity index (χ1n) is 7.97. The van der Waals surface area contributed by atoms with E-state index in [1.807, 2.05) is 0 Å². The molecule has 0 aromatic carbocycles. The molecule has 0 bridgehead atoms. The lowest BCUT2D eigenvalue weighted by Gasteiger charge is -2.21. The maximum absolute atomic E-state index is 4.26. The Morgan fingerprint density at radius 2 is 1.12 bits per heavy atom. The van der Waals surface area contributed by atoms with Crippen molar-refractivity contribution < 1.29 is 0 Å². The second-order valence-electron chi connectivity index (χ2n) is 6.10. The van der Waals surface area contributed by atoms with Gasteiger partial charge in [0.15, 0.2) is 0 Å². The van der Waals surface area contributed by atoms with Gasteiger partial charge in [0.2, 0.25) is 0 Å². The van der Waals surface area contributed by atoms with Gasteiger partial charge in [-0.1, -0.05) is 91.4 Å². The van der Waals surface area contributed by atoms with Crippen LogP contribution in [0, 0.1) is 12.3 Å². The molecule has 0 aliphatic carbocycles. The number of unbranched alkanes of at least 4 members (excludes halogenated alkanes) is 9. The lowest BCUT2D eigenvalue weighted by Crippen LogP contribution is -2.09. The van der Waals surface area contributed by atoms with Crippen molar-refractivity contribution in [1.82, 2.24) is 0 Å². The van der Waals surface area contributed by atoms with Gasteiger partial charge < -0.3 is 0 Å². The molecular weight excluding hydrogens is 204 g/mol. The van der Waals surface area contributed by atoms with E-state index in [0.717, 1.165) is 0 Å². The molecular formula is C17H35. The van der Waals surface area contributed by atoms with Crippen molar-refractivity contribution in [2.45, 2.75) is 97.8 Å². The summed E-state index contributed by atoms with van der Waals surface area (Å²) >= 11 is 0. The van der Waals surface area contributed by atoms with Gasteiger partial charge in [-0.05, 0) is 18.8 Å². The van der Waals surface area contributed by atoms with E-state index >= 15 is 0 Å². The molecule has 0 fully saturated rings. The fourth-order valence-electron chi connectivity index (χ4n) is 2.22. The maximum Gasteiger partial charge on any atom is -0.0328 e. The van der Waals surface area contributed by atoms with E-state index in [2.05, 4.69) is 27.7 Å². The summed E-state index contributed by atoms with van der Waals surface area (Å²) in [6, 6.07) is 0. The van der Waals surface area contributed by atoms with E-state index in [1.165, 1.54) is 77.0 Å². The summed E-state index contributed by atoms with van der Waals surface area (Å²) in [7, 11) is 0. The van der Waals surface area contributed by atoms with Crippen molar-refractivity contribution in [2.24, 2.45) is 5.41 Å². The highest BCUT2D eigenvalue weighted by Crippen LogP contribution is 2.26. The van der Waals surface area contributed by atoms with E-state index in [4.69, 9.17) is 0 Å². The zero-order valence-electron chi connectivity index (χ0n) is 12.7. The molecule has 0 heterocycles. The highest BCUT2D eigenvalue weighted by Gasteiger charge is 2.13. The van der Waals surface area contributed by atoms with Gasteiger partial charge in [-0.15, -0.1) is 0 Å². The standard InChI is InChI=1S/C17H35/c1-5-7-8-9-10-11-12-13-14-15-16-17(3,4)6-2/h3,5-16H2,1-2,4H3. The lowest BCUT2D eigenvalue weighted by molar-refractivity contribution is 0.352. The zero-order chi connectivity index (χ0) is 13.0. The first-order chi connectivity index (χ1) is 8.12. The molecule has 1 radical (unpaired) electrons. The predicted octanol–water partition coefficient (Wildman–Crippen LogP) is 6.55. The second kappa shape index (κ2) is 11.1. The Bertz CT molecular complexity index is 146. The van der Waals surface area contributed by atoms with Crippen LogP contribution in [-0.4, -0.2) is 0 Å². The van der Waals surface area contributed by atoms with E-state index in [1.54, 1.807) is 0 Å². The third-order valence-corrected chi connectivity index (χ3v) is 3.99. The first-order valence-corrected chi connectivity index (χ1v) is 7.97. The molecule has 0 nitrogen and oxygen atoms in total. The molecule has 1 unspecified atom stereocenters. The minimum absolute atomic E-state index is 0.333. The molecule has 0 saturated carbocycles. The fraction of sp³-hybridized carbons (Fsp3) is 0.941. The maximum atomic E-state index is 4.26. The van der Waals surface area contributed by atoms with Crippen LogP contribution in [-0.2, 0) is 0 Å². The van der Waals surface area contributed by atoms with E-state index in [9.17, 15) is 0 Å². The van der Waals surface area contributed by atoms with Gasteiger partial charge in [-0.25, -0.2) is 0 Å². The Morgan fingerprint density at radius 1 is 0.706 bits per heavy atom. The molecule has 17 heavy (non-hydrogen) atoms.